The monoisotopic (exact) mass is 498 g/mol. The van der Waals surface area contributed by atoms with Crippen molar-refractivity contribution in [1.82, 2.24) is 0 Å². The van der Waals surface area contributed by atoms with Crippen LogP contribution in [0.2, 0.25) is 51.9 Å². The topological polar surface area (TPSA) is 65.0 Å². The van der Waals surface area contributed by atoms with Gasteiger partial charge in [-0.25, -0.2) is 0 Å². The number of hydrogen-bond acceptors (Lipinski definition) is 5. The summed E-state index contributed by atoms with van der Waals surface area (Å²) < 4.78 is 18.9. The molecule has 1 aromatic rings. The molecule has 0 unspecified atom stereocenters. The zero-order valence-electron chi connectivity index (χ0n) is 21.8. The quantitative estimate of drug-likeness (QED) is 0.179. The summed E-state index contributed by atoms with van der Waals surface area (Å²) >= 11 is 0. The van der Waals surface area contributed by atoms with E-state index in [4.69, 9.17) is 13.0 Å². The number of ketones is 1. The fraction of sp³-hybridized carbons (Fsp3) is 0.708. The highest BCUT2D eigenvalue weighted by Crippen LogP contribution is 2.26. The summed E-state index contributed by atoms with van der Waals surface area (Å²) in [6.45, 7) is 20.2. The van der Waals surface area contributed by atoms with Gasteiger partial charge in [-0.3, -0.25) is 4.79 Å². The van der Waals surface area contributed by atoms with Gasteiger partial charge in [0.05, 0.1) is 0 Å². The van der Waals surface area contributed by atoms with Gasteiger partial charge in [0.25, 0.3) is 0 Å². The lowest BCUT2D eigenvalue weighted by molar-refractivity contribution is 0.0488. The van der Waals surface area contributed by atoms with Crippen molar-refractivity contribution >= 4 is 31.0 Å². The normalized spacial score (nSPS) is 13.4. The molecule has 0 fully saturated rings. The predicted octanol–water partition coefficient (Wildman–Crippen LogP) is 6.14. The number of aryl methyl sites for hydroxylation is 1. The van der Waals surface area contributed by atoms with Crippen molar-refractivity contribution in [3.8, 4) is 0 Å². The van der Waals surface area contributed by atoms with Crippen LogP contribution in [0.15, 0.2) is 24.3 Å². The van der Waals surface area contributed by atoms with Crippen molar-refractivity contribution in [2.45, 2.75) is 97.0 Å². The number of carbonyl (C=O) groups excluding carboxylic acids is 1. The third-order valence-corrected chi connectivity index (χ3v) is 14.4. The molecule has 0 aromatic heterocycles. The highest BCUT2D eigenvalue weighted by atomic mass is 28.5. The molecule has 5 nitrogen and oxygen atoms in total. The maximum Gasteiger partial charge on any atom is 0.314 e. The Kier molecular flexibility index (Phi) is 11.2. The van der Waals surface area contributed by atoms with Crippen LogP contribution in [0.5, 0.6) is 0 Å². The molecule has 0 saturated carbocycles. The number of Topliss-reactive ketones (excluding diaryl/α,β-unsaturated/α-hetero) is 1. The molecular weight excluding hydrogens is 453 g/mol. The average molecular weight is 499 g/mol. The summed E-state index contributed by atoms with van der Waals surface area (Å²) in [5.41, 5.74) is 0.385. The number of unbranched alkanes of at least 4 members (excludes halogenated alkanes) is 1. The summed E-state index contributed by atoms with van der Waals surface area (Å²) in [6.07, 6.45) is 3.97. The summed E-state index contributed by atoms with van der Waals surface area (Å²) in [6, 6.07) is 8.54. The molecule has 0 spiro atoms. The Hall–Kier alpha value is -0.619. The highest BCUT2D eigenvalue weighted by Gasteiger charge is 2.39. The van der Waals surface area contributed by atoms with Crippen molar-refractivity contribution in [2.24, 2.45) is 0 Å². The Morgan fingerprint density at radius 1 is 0.844 bits per heavy atom. The molecule has 1 aromatic carbocycles. The first kappa shape index (κ1) is 29.4. The zero-order valence-corrected chi connectivity index (χ0v) is 24.8. The molecule has 0 bridgehead atoms. The fourth-order valence-corrected chi connectivity index (χ4v) is 16.3. The van der Waals surface area contributed by atoms with Gasteiger partial charge in [-0.2, -0.15) is 0 Å². The van der Waals surface area contributed by atoms with E-state index in [0.717, 1.165) is 44.9 Å². The van der Waals surface area contributed by atoms with Crippen LogP contribution in [0.4, 0.5) is 0 Å². The zero-order chi connectivity index (χ0) is 24.6. The van der Waals surface area contributed by atoms with E-state index < -0.39 is 30.8 Å². The first-order chi connectivity index (χ1) is 14.5. The second-order valence-electron chi connectivity index (χ2n) is 11.3. The Bertz CT molecular complexity index is 684. The maximum atomic E-state index is 12.1. The van der Waals surface area contributed by atoms with Crippen molar-refractivity contribution in [3.05, 3.63) is 35.4 Å². The Morgan fingerprint density at radius 3 is 1.81 bits per heavy atom. The van der Waals surface area contributed by atoms with Crippen LogP contribution >= 0.6 is 0 Å². The maximum absolute atomic E-state index is 12.1. The number of hydrogen-bond donors (Lipinski definition) is 1. The van der Waals surface area contributed by atoms with Crippen molar-refractivity contribution in [3.63, 3.8) is 0 Å². The first-order valence-corrected chi connectivity index (χ1v) is 21.2. The van der Waals surface area contributed by atoms with Gasteiger partial charge in [0, 0.05) is 18.8 Å². The Labute approximate surface area is 199 Å². The van der Waals surface area contributed by atoms with E-state index in [2.05, 4.69) is 45.8 Å². The lowest BCUT2D eigenvalue weighted by Gasteiger charge is -2.38. The standard InChI is InChI=1S/C24H46O5Si3/c1-24(2,26)23(25)22-16-14-21(15-17-22)13-12-19-27-18-10-11-20-32(9,28-30(3,4)5)29-31(6,7)8/h14-17,26H,10-13,18-20H2,1-9H3. The molecule has 0 aliphatic carbocycles. The molecule has 1 rings (SSSR count). The molecule has 0 aliphatic rings. The minimum Gasteiger partial charge on any atom is -0.437 e. The molecule has 0 amide bonds. The second kappa shape index (κ2) is 12.2. The van der Waals surface area contributed by atoms with Gasteiger partial charge in [-0.1, -0.05) is 24.3 Å². The van der Waals surface area contributed by atoms with Crippen LogP contribution in [-0.4, -0.2) is 54.9 Å². The van der Waals surface area contributed by atoms with Gasteiger partial charge in [0.1, 0.15) is 5.60 Å². The minimum atomic E-state index is -2.14. The summed E-state index contributed by atoms with van der Waals surface area (Å²) in [7, 11) is -5.40. The van der Waals surface area contributed by atoms with Crippen molar-refractivity contribution in [2.75, 3.05) is 13.2 Å². The summed E-state index contributed by atoms with van der Waals surface area (Å²) in [4.78, 5) is 12.1. The largest absolute Gasteiger partial charge is 0.437 e. The number of carbonyl (C=O) groups is 1. The van der Waals surface area contributed by atoms with Gasteiger partial charge < -0.3 is 18.1 Å². The van der Waals surface area contributed by atoms with Gasteiger partial charge >= 0.3 is 8.56 Å². The molecule has 0 saturated heterocycles. The molecular formula is C24H46O5Si3. The van der Waals surface area contributed by atoms with E-state index in [9.17, 15) is 9.90 Å². The van der Waals surface area contributed by atoms with E-state index in [0.29, 0.717) is 5.56 Å². The second-order valence-corrected chi connectivity index (χ2v) is 24.2. The minimum absolute atomic E-state index is 0.253. The predicted molar refractivity (Wildman–Crippen MR) is 141 cm³/mol. The molecule has 0 aliphatic heterocycles. The summed E-state index contributed by atoms with van der Waals surface area (Å²) in [5, 5.41) is 9.84. The van der Waals surface area contributed by atoms with Crippen molar-refractivity contribution in [1.29, 1.82) is 0 Å². The molecule has 0 atom stereocenters. The lowest BCUT2D eigenvalue weighted by Crippen LogP contribution is -2.52. The summed E-state index contributed by atoms with van der Waals surface area (Å²) in [5.74, 6) is -0.253. The van der Waals surface area contributed by atoms with E-state index in [-0.39, 0.29) is 5.78 Å². The van der Waals surface area contributed by atoms with E-state index in [1.54, 1.807) is 12.1 Å². The van der Waals surface area contributed by atoms with Crippen LogP contribution < -0.4 is 0 Å². The number of aliphatic hydroxyl groups is 1. The highest BCUT2D eigenvalue weighted by molar-refractivity contribution is 6.87. The molecule has 0 heterocycles. The lowest BCUT2D eigenvalue weighted by atomic mass is 9.95. The van der Waals surface area contributed by atoms with E-state index in [1.807, 2.05) is 12.1 Å². The Morgan fingerprint density at radius 2 is 1.34 bits per heavy atom. The van der Waals surface area contributed by atoms with Gasteiger partial charge in [0.2, 0.25) is 0 Å². The number of benzene rings is 1. The SMILES string of the molecule is CC(C)(O)C(=O)c1ccc(CCCOCCCC[Si](C)(O[Si](C)(C)C)O[Si](C)(C)C)cc1. The fourth-order valence-electron chi connectivity index (χ4n) is 3.72. The van der Waals surface area contributed by atoms with Crippen LogP contribution in [-0.2, 0) is 19.4 Å². The molecule has 1 N–H and O–H groups in total. The molecule has 32 heavy (non-hydrogen) atoms. The third-order valence-electron chi connectivity index (χ3n) is 4.74. The average Bonchev–Trinajstić information content (AvgIpc) is 2.59. The van der Waals surface area contributed by atoms with Crippen LogP contribution in [0, 0.1) is 0 Å². The van der Waals surface area contributed by atoms with Crippen LogP contribution in [0.3, 0.4) is 0 Å². The molecule has 0 radical (unpaired) electrons. The third kappa shape index (κ3) is 12.6. The number of ether oxygens (including phenoxy) is 1. The van der Waals surface area contributed by atoms with Crippen molar-refractivity contribution < 1.29 is 22.9 Å². The first-order valence-electron chi connectivity index (χ1n) is 11.9. The Balaban J connectivity index is 2.31. The molecule has 8 heteroatoms. The van der Waals surface area contributed by atoms with Gasteiger partial charge in [-0.05, 0) is 97.0 Å². The van der Waals surface area contributed by atoms with Crippen LogP contribution in [0.1, 0.15) is 49.0 Å². The number of rotatable bonds is 15. The van der Waals surface area contributed by atoms with E-state index in [1.165, 1.54) is 19.4 Å². The smallest absolute Gasteiger partial charge is 0.314 e. The van der Waals surface area contributed by atoms with Gasteiger partial charge in [-0.15, -0.1) is 0 Å². The van der Waals surface area contributed by atoms with Crippen LogP contribution in [0.25, 0.3) is 0 Å². The van der Waals surface area contributed by atoms with E-state index >= 15 is 0 Å². The molecule has 184 valence electrons. The van der Waals surface area contributed by atoms with Gasteiger partial charge in [0.15, 0.2) is 22.4 Å².